The molecule has 0 amide bonds. The highest BCUT2D eigenvalue weighted by atomic mass is 16.1. The number of allylic oxidation sites excluding steroid dienone is 4. The van der Waals surface area contributed by atoms with Gasteiger partial charge in [0.25, 0.3) is 0 Å². The van der Waals surface area contributed by atoms with Gasteiger partial charge in [-0.2, -0.15) is 0 Å². The first-order chi connectivity index (χ1) is 25.5. The van der Waals surface area contributed by atoms with E-state index in [0.717, 1.165) is 113 Å². The Morgan fingerprint density at radius 2 is 1.66 bits per heavy atom. The SMILES string of the molecule is CC1=CC(C)=C(CCC(=O)c2cc(-c3ccc(N4CCN(CCNCCC56CC7CC(CC(C7)C5)C6)CC4)nc3)cc3c2c(C)cn3C(C)C)C(=O)C1. The van der Waals surface area contributed by atoms with E-state index in [-0.39, 0.29) is 17.6 Å². The highest BCUT2D eigenvalue weighted by Gasteiger charge is 2.50. The molecular formula is C46H61N5O2. The van der Waals surface area contributed by atoms with Gasteiger partial charge in [0.1, 0.15) is 5.82 Å². The molecule has 1 saturated heterocycles. The lowest BCUT2D eigenvalue weighted by atomic mass is 9.49. The molecule has 4 bridgehead atoms. The molecule has 1 N–H and O–H groups in total. The predicted octanol–water partition coefficient (Wildman–Crippen LogP) is 9.11. The lowest BCUT2D eigenvalue weighted by molar-refractivity contribution is -0.115. The van der Waals surface area contributed by atoms with Crippen molar-refractivity contribution in [3.05, 3.63) is 70.6 Å². The molecule has 1 aromatic carbocycles. The lowest BCUT2D eigenvalue weighted by Crippen LogP contribution is -2.49. The Balaban J connectivity index is 0.886. The number of ketones is 2. The first-order valence-corrected chi connectivity index (χ1v) is 20.8. The van der Waals surface area contributed by atoms with Crippen LogP contribution in [-0.4, -0.2) is 71.8 Å². The average Bonchev–Trinajstić information content (AvgIpc) is 3.46. The van der Waals surface area contributed by atoms with Gasteiger partial charge in [0.05, 0.1) is 0 Å². The number of aryl methyl sites for hydroxylation is 1. The Kier molecular flexibility index (Phi) is 10.3. The van der Waals surface area contributed by atoms with Gasteiger partial charge in [0.2, 0.25) is 0 Å². The summed E-state index contributed by atoms with van der Waals surface area (Å²) in [7, 11) is 0. The maximum absolute atomic E-state index is 14.0. The normalized spacial score (nSPS) is 26.0. The second-order valence-electron chi connectivity index (χ2n) is 18.1. The minimum atomic E-state index is 0.0843. The number of carbonyl (C=O) groups excluding carboxylic acids is 2. The minimum absolute atomic E-state index is 0.0843. The van der Waals surface area contributed by atoms with Crippen molar-refractivity contribution in [2.24, 2.45) is 23.2 Å². The van der Waals surface area contributed by atoms with Crippen molar-refractivity contribution in [1.82, 2.24) is 19.8 Å². The third-order valence-electron chi connectivity index (χ3n) is 13.7. The van der Waals surface area contributed by atoms with Crippen LogP contribution in [0.4, 0.5) is 5.82 Å². The Labute approximate surface area is 317 Å². The van der Waals surface area contributed by atoms with Crippen molar-refractivity contribution in [1.29, 1.82) is 0 Å². The molecule has 282 valence electrons. The maximum Gasteiger partial charge on any atom is 0.163 e. The number of piperazine rings is 1. The molecule has 5 aliphatic carbocycles. The van der Waals surface area contributed by atoms with Crippen LogP contribution in [0.2, 0.25) is 0 Å². The summed E-state index contributed by atoms with van der Waals surface area (Å²) >= 11 is 0. The molecular weight excluding hydrogens is 655 g/mol. The zero-order valence-corrected chi connectivity index (χ0v) is 33.0. The second kappa shape index (κ2) is 14.9. The molecule has 3 aromatic rings. The highest BCUT2D eigenvalue weighted by Crippen LogP contribution is 2.61. The monoisotopic (exact) mass is 715 g/mol. The van der Waals surface area contributed by atoms with Gasteiger partial charge in [0, 0.05) is 92.6 Å². The van der Waals surface area contributed by atoms with Crippen LogP contribution in [0, 0.1) is 30.1 Å². The molecule has 7 heteroatoms. The van der Waals surface area contributed by atoms with Crippen LogP contribution in [0.1, 0.15) is 114 Å². The fourth-order valence-electron chi connectivity index (χ4n) is 11.5. The minimum Gasteiger partial charge on any atom is -0.354 e. The molecule has 1 aliphatic heterocycles. The Morgan fingerprint density at radius 1 is 0.943 bits per heavy atom. The van der Waals surface area contributed by atoms with Crippen molar-refractivity contribution in [2.75, 3.05) is 50.7 Å². The Bertz CT molecular complexity index is 1890. The molecule has 0 unspecified atom stereocenters. The van der Waals surface area contributed by atoms with Gasteiger partial charge in [-0.05, 0) is 162 Å². The standard InChI is InChI=1S/C46H61N5O2/c1-30(2)51-29-33(5)45-40(42(52)8-7-39-32(4)18-31(3)19-43(39)53)23-38(24-41(45)51)37-6-9-44(48-28-37)50-16-14-49(15-17-50)13-12-47-11-10-46-25-34-20-35(26-46)22-36(21-34)27-46/h6,9,18,23-24,28-30,34-36,47H,7-8,10-17,19-22,25-27H2,1-5H3. The molecule has 3 heterocycles. The van der Waals surface area contributed by atoms with Crippen LogP contribution in [0.15, 0.2) is 59.5 Å². The van der Waals surface area contributed by atoms with E-state index in [4.69, 9.17) is 4.98 Å². The molecule has 53 heavy (non-hydrogen) atoms. The number of benzene rings is 1. The second-order valence-corrected chi connectivity index (χ2v) is 18.1. The van der Waals surface area contributed by atoms with Crippen LogP contribution >= 0.6 is 0 Å². The molecule has 0 atom stereocenters. The number of anilines is 1. The molecule has 2 aromatic heterocycles. The number of rotatable bonds is 13. The van der Waals surface area contributed by atoms with E-state index in [1.165, 1.54) is 51.5 Å². The number of fused-ring (bicyclic) bond motifs is 1. The summed E-state index contributed by atoms with van der Waals surface area (Å²) in [4.78, 5) is 36.8. The summed E-state index contributed by atoms with van der Waals surface area (Å²) in [5, 5.41) is 4.84. The van der Waals surface area contributed by atoms with Gasteiger partial charge in [-0.1, -0.05) is 11.6 Å². The van der Waals surface area contributed by atoms with Crippen LogP contribution < -0.4 is 10.2 Å². The van der Waals surface area contributed by atoms with Crippen LogP contribution in [0.5, 0.6) is 0 Å². The van der Waals surface area contributed by atoms with E-state index < -0.39 is 0 Å². The maximum atomic E-state index is 14.0. The number of pyridine rings is 1. The number of Topliss-reactive ketones (excluding diaryl/α,β-unsaturated/α-hetero) is 2. The Morgan fingerprint density at radius 3 is 2.30 bits per heavy atom. The van der Waals surface area contributed by atoms with E-state index >= 15 is 0 Å². The summed E-state index contributed by atoms with van der Waals surface area (Å²) in [5.74, 6) is 4.39. The van der Waals surface area contributed by atoms with Crippen molar-refractivity contribution in [2.45, 2.75) is 105 Å². The summed E-state index contributed by atoms with van der Waals surface area (Å²) in [6.07, 6.45) is 18.0. The van der Waals surface area contributed by atoms with Gasteiger partial charge >= 0.3 is 0 Å². The number of aromatic nitrogens is 2. The molecule has 6 aliphatic rings. The van der Waals surface area contributed by atoms with Crippen molar-refractivity contribution in [3.8, 4) is 11.1 Å². The molecule has 0 radical (unpaired) electrons. The van der Waals surface area contributed by atoms with Crippen molar-refractivity contribution >= 4 is 28.3 Å². The summed E-state index contributed by atoms with van der Waals surface area (Å²) in [5.41, 5.74) is 8.49. The number of hydrogen-bond acceptors (Lipinski definition) is 6. The summed E-state index contributed by atoms with van der Waals surface area (Å²) in [6, 6.07) is 8.85. The topological polar surface area (TPSA) is 70.5 Å². The van der Waals surface area contributed by atoms with Gasteiger partial charge < -0.3 is 14.8 Å². The largest absolute Gasteiger partial charge is 0.354 e. The number of nitrogens with zero attached hydrogens (tertiary/aromatic N) is 4. The van der Waals surface area contributed by atoms with E-state index in [1.54, 1.807) is 0 Å². The van der Waals surface area contributed by atoms with Crippen LogP contribution in [0.25, 0.3) is 22.0 Å². The van der Waals surface area contributed by atoms with E-state index in [2.05, 4.69) is 77.0 Å². The number of carbonyl (C=O) groups is 2. The lowest BCUT2D eigenvalue weighted by Gasteiger charge is -2.57. The van der Waals surface area contributed by atoms with Crippen LogP contribution in [-0.2, 0) is 4.79 Å². The van der Waals surface area contributed by atoms with Gasteiger partial charge in [-0.15, -0.1) is 0 Å². The third kappa shape index (κ3) is 7.58. The zero-order chi connectivity index (χ0) is 36.9. The van der Waals surface area contributed by atoms with Crippen LogP contribution in [0.3, 0.4) is 0 Å². The zero-order valence-electron chi connectivity index (χ0n) is 33.0. The average molecular weight is 716 g/mol. The summed E-state index contributed by atoms with van der Waals surface area (Å²) in [6.45, 7) is 17.9. The molecule has 5 fully saturated rings. The predicted molar refractivity (Wildman–Crippen MR) is 217 cm³/mol. The van der Waals surface area contributed by atoms with E-state index in [1.807, 2.05) is 20.0 Å². The first kappa shape index (κ1) is 36.4. The quantitative estimate of drug-likeness (QED) is 0.141. The van der Waals surface area contributed by atoms with Crippen molar-refractivity contribution < 1.29 is 9.59 Å². The van der Waals surface area contributed by atoms with Gasteiger partial charge in [-0.25, -0.2) is 4.98 Å². The number of hydrogen-bond donors (Lipinski definition) is 1. The van der Waals surface area contributed by atoms with Crippen molar-refractivity contribution in [3.63, 3.8) is 0 Å². The molecule has 7 nitrogen and oxygen atoms in total. The highest BCUT2D eigenvalue weighted by molar-refractivity contribution is 6.11. The fourth-order valence-corrected chi connectivity index (χ4v) is 11.5. The van der Waals surface area contributed by atoms with Gasteiger partial charge in [-0.3, -0.25) is 14.5 Å². The number of nitrogens with one attached hydrogen (secondary N) is 1. The smallest absolute Gasteiger partial charge is 0.163 e. The Hall–Kier alpha value is -3.55. The molecule has 0 spiro atoms. The third-order valence-corrected chi connectivity index (χ3v) is 13.7. The fraction of sp³-hybridized carbons (Fsp3) is 0.587. The van der Waals surface area contributed by atoms with Gasteiger partial charge in [0.15, 0.2) is 11.6 Å². The first-order valence-electron chi connectivity index (χ1n) is 20.8. The summed E-state index contributed by atoms with van der Waals surface area (Å²) < 4.78 is 2.27. The molecule has 4 saturated carbocycles. The van der Waals surface area contributed by atoms with E-state index in [0.29, 0.717) is 24.7 Å². The molecule has 9 rings (SSSR count). The van der Waals surface area contributed by atoms with E-state index in [9.17, 15) is 9.59 Å².